The Morgan fingerprint density at radius 3 is 2.52 bits per heavy atom. The van der Waals surface area contributed by atoms with Crippen molar-refractivity contribution in [2.45, 2.75) is 12.8 Å². The Morgan fingerprint density at radius 2 is 1.85 bits per heavy atom. The fourth-order valence-electron chi connectivity index (χ4n) is 2.59. The summed E-state index contributed by atoms with van der Waals surface area (Å²) in [7, 11) is 1.76. The first kappa shape index (κ1) is 19.3. The maximum absolute atomic E-state index is 12.3. The minimum absolute atomic E-state index is 0.124. The second-order valence-electron chi connectivity index (χ2n) is 5.86. The molecule has 0 saturated carbocycles. The van der Waals surface area contributed by atoms with Crippen LogP contribution in [0.2, 0.25) is 5.02 Å². The van der Waals surface area contributed by atoms with Crippen LogP contribution in [-0.4, -0.2) is 29.6 Å². The van der Waals surface area contributed by atoms with Crippen LogP contribution < -0.4 is 5.32 Å². The summed E-state index contributed by atoms with van der Waals surface area (Å²) in [4.78, 5) is 0. The minimum atomic E-state index is -4.34. The Labute approximate surface area is 159 Å². The fraction of sp³-hybridized carbons (Fsp3) is 0.211. The molecule has 0 fully saturated rings. The summed E-state index contributed by atoms with van der Waals surface area (Å²) in [6.07, 6.45) is -4.34. The van der Waals surface area contributed by atoms with E-state index in [4.69, 9.17) is 16.3 Å². The Hall–Kier alpha value is -2.51. The Bertz CT molecular complexity index is 907. The number of nitrogens with zero attached hydrogens (tertiary/aromatic N) is 2. The zero-order valence-electron chi connectivity index (χ0n) is 14.4. The normalized spacial score (nSPS) is 11.6. The lowest BCUT2D eigenvalue weighted by atomic mass is 10.1. The molecular weight excluding hydrogens is 379 g/mol. The third-order valence-electron chi connectivity index (χ3n) is 3.79. The van der Waals surface area contributed by atoms with Gasteiger partial charge in [0, 0.05) is 23.7 Å². The van der Waals surface area contributed by atoms with Gasteiger partial charge in [-0.25, -0.2) is 4.68 Å². The van der Waals surface area contributed by atoms with Gasteiger partial charge >= 0.3 is 6.18 Å². The Balaban J connectivity index is 1.90. The number of rotatable bonds is 6. The summed E-state index contributed by atoms with van der Waals surface area (Å²) in [5.74, 6) is 0.665. The molecule has 8 heteroatoms. The maximum Gasteiger partial charge on any atom is 0.411 e. The van der Waals surface area contributed by atoms with Crippen LogP contribution in [0.5, 0.6) is 0 Å². The Morgan fingerprint density at radius 1 is 1.11 bits per heavy atom. The molecule has 0 amide bonds. The minimum Gasteiger partial charge on any atom is -0.372 e. The topological polar surface area (TPSA) is 39.1 Å². The summed E-state index contributed by atoms with van der Waals surface area (Å²) in [6, 6.07) is 16.2. The SMILES string of the molecule is CNc1cc(-c2cccc(COCC(F)(F)F)c2)n(-c2ccc(Cl)cc2)n1. The molecule has 0 bridgehead atoms. The molecule has 3 aromatic rings. The van der Waals surface area contributed by atoms with Crippen molar-refractivity contribution in [1.82, 2.24) is 9.78 Å². The summed E-state index contributed by atoms with van der Waals surface area (Å²) in [5.41, 5.74) is 3.06. The van der Waals surface area contributed by atoms with E-state index in [1.807, 2.05) is 24.3 Å². The number of halogens is 4. The fourth-order valence-corrected chi connectivity index (χ4v) is 2.72. The smallest absolute Gasteiger partial charge is 0.372 e. The van der Waals surface area contributed by atoms with Crippen LogP contribution in [0.1, 0.15) is 5.56 Å². The van der Waals surface area contributed by atoms with E-state index >= 15 is 0 Å². The summed E-state index contributed by atoms with van der Waals surface area (Å²) < 4.78 is 43.3. The highest BCUT2D eigenvalue weighted by molar-refractivity contribution is 6.30. The van der Waals surface area contributed by atoms with Crippen molar-refractivity contribution < 1.29 is 17.9 Å². The van der Waals surface area contributed by atoms with E-state index < -0.39 is 12.8 Å². The molecule has 27 heavy (non-hydrogen) atoms. The largest absolute Gasteiger partial charge is 0.411 e. The first-order valence-electron chi connectivity index (χ1n) is 8.13. The maximum atomic E-state index is 12.3. The van der Waals surface area contributed by atoms with Crippen LogP contribution in [0.3, 0.4) is 0 Å². The predicted octanol–water partition coefficient (Wildman–Crippen LogP) is 5.31. The lowest BCUT2D eigenvalue weighted by Gasteiger charge is -2.10. The molecule has 3 rings (SSSR count). The van der Waals surface area contributed by atoms with Crippen molar-refractivity contribution in [2.24, 2.45) is 0 Å². The molecule has 0 aliphatic heterocycles. The molecule has 0 radical (unpaired) electrons. The van der Waals surface area contributed by atoms with Crippen LogP contribution in [0.25, 0.3) is 16.9 Å². The van der Waals surface area contributed by atoms with Crippen molar-refractivity contribution in [2.75, 3.05) is 19.0 Å². The number of hydrogen-bond donors (Lipinski definition) is 1. The van der Waals surface area contributed by atoms with Gasteiger partial charge in [-0.3, -0.25) is 0 Å². The van der Waals surface area contributed by atoms with Gasteiger partial charge < -0.3 is 10.1 Å². The van der Waals surface area contributed by atoms with E-state index in [0.717, 1.165) is 16.9 Å². The van der Waals surface area contributed by atoms with E-state index in [0.29, 0.717) is 16.4 Å². The summed E-state index contributed by atoms with van der Waals surface area (Å²) in [6.45, 7) is -1.40. The number of ether oxygens (including phenoxy) is 1. The van der Waals surface area contributed by atoms with Crippen LogP contribution in [-0.2, 0) is 11.3 Å². The molecule has 4 nitrogen and oxygen atoms in total. The molecule has 0 saturated heterocycles. The lowest BCUT2D eigenvalue weighted by molar-refractivity contribution is -0.176. The molecule has 0 atom stereocenters. The summed E-state index contributed by atoms with van der Waals surface area (Å²) >= 11 is 5.95. The molecule has 2 aromatic carbocycles. The van der Waals surface area contributed by atoms with Crippen LogP contribution in [0.4, 0.5) is 19.0 Å². The molecule has 142 valence electrons. The zero-order valence-corrected chi connectivity index (χ0v) is 15.2. The predicted molar refractivity (Wildman–Crippen MR) is 99.3 cm³/mol. The van der Waals surface area contributed by atoms with Gasteiger partial charge in [0.15, 0.2) is 0 Å². The number of anilines is 1. The molecule has 1 heterocycles. The number of benzene rings is 2. The number of alkyl halides is 3. The van der Waals surface area contributed by atoms with Crippen LogP contribution in [0, 0.1) is 0 Å². The number of nitrogens with one attached hydrogen (secondary N) is 1. The third-order valence-corrected chi connectivity index (χ3v) is 4.05. The second-order valence-corrected chi connectivity index (χ2v) is 6.30. The Kier molecular flexibility index (Phi) is 5.72. The van der Waals surface area contributed by atoms with E-state index in [1.54, 1.807) is 42.1 Å². The van der Waals surface area contributed by atoms with Gasteiger partial charge in [0.2, 0.25) is 0 Å². The van der Waals surface area contributed by atoms with Crippen molar-refractivity contribution in [3.05, 3.63) is 65.2 Å². The monoisotopic (exact) mass is 395 g/mol. The van der Waals surface area contributed by atoms with Gasteiger partial charge in [-0.15, -0.1) is 5.10 Å². The van der Waals surface area contributed by atoms with Gasteiger partial charge in [-0.1, -0.05) is 29.8 Å². The first-order chi connectivity index (χ1) is 12.9. The molecule has 0 spiro atoms. The lowest BCUT2D eigenvalue weighted by Crippen LogP contribution is -2.16. The van der Waals surface area contributed by atoms with Crippen LogP contribution in [0.15, 0.2) is 54.6 Å². The standard InChI is InChI=1S/C19H17ClF3N3O/c1-24-18-10-17(26(25-18)16-7-5-15(20)6-8-16)14-4-2-3-13(9-14)11-27-12-19(21,22)23/h2-10H,11-12H2,1H3,(H,24,25). The van der Waals surface area contributed by atoms with E-state index in [-0.39, 0.29) is 6.61 Å². The molecule has 1 N–H and O–H groups in total. The van der Waals surface area contributed by atoms with Crippen molar-refractivity contribution in [3.8, 4) is 16.9 Å². The van der Waals surface area contributed by atoms with Gasteiger partial charge in [0.25, 0.3) is 0 Å². The molecule has 0 unspecified atom stereocenters. The second kappa shape index (κ2) is 8.02. The van der Waals surface area contributed by atoms with Gasteiger partial charge in [0.1, 0.15) is 12.4 Å². The third kappa shape index (κ3) is 5.02. The highest BCUT2D eigenvalue weighted by atomic mass is 35.5. The number of aromatic nitrogens is 2. The highest BCUT2D eigenvalue weighted by Gasteiger charge is 2.27. The van der Waals surface area contributed by atoms with Crippen molar-refractivity contribution in [1.29, 1.82) is 0 Å². The van der Waals surface area contributed by atoms with E-state index in [9.17, 15) is 13.2 Å². The first-order valence-corrected chi connectivity index (χ1v) is 8.51. The van der Waals surface area contributed by atoms with Gasteiger partial charge in [0.05, 0.1) is 18.0 Å². The summed E-state index contributed by atoms with van der Waals surface area (Å²) in [5, 5.41) is 8.12. The molecular formula is C19H17ClF3N3O. The molecule has 0 aliphatic carbocycles. The van der Waals surface area contributed by atoms with Crippen molar-refractivity contribution in [3.63, 3.8) is 0 Å². The van der Waals surface area contributed by atoms with E-state index in [1.165, 1.54) is 0 Å². The molecule has 1 aromatic heterocycles. The average molecular weight is 396 g/mol. The van der Waals surface area contributed by atoms with Crippen molar-refractivity contribution >= 4 is 17.4 Å². The zero-order chi connectivity index (χ0) is 19.4. The van der Waals surface area contributed by atoms with Crippen LogP contribution >= 0.6 is 11.6 Å². The van der Waals surface area contributed by atoms with Gasteiger partial charge in [-0.2, -0.15) is 13.2 Å². The highest BCUT2D eigenvalue weighted by Crippen LogP contribution is 2.27. The average Bonchev–Trinajstić information content (AvgIpc) is 3.06. The number of hydrogen-bond acceptors (Lipinski definition) is 3. The van der Waals surface area contributed by atoms with Gasteiger partial charge in [-0.05, 0) is 35.9 Å². The van der Waals surface area contributed by atoms with E-state index in [2.05, 4.69) is 10.4 Å². The molecule has 0 aliphatic rings. The quantitative estimate of drug-likeness (QED) is 0.614.